The molecule has 7 nitrogen and oxygen atoms in total. The summed E-state index contributed by atoms with van der Waals surface area (Å²) in [6.07, 6.45) is 5.04. The van der Waals surface area contributed by atoms with E-state index >= 15 is 0 Å². The Morgan fingerprint density at radius 2 is 2.25 bits per heavy atom. The number of hydrogen-bond acceptors (Lipinski definition) is 6. The monoisotopic (exact) mass is 276 g/mol. The normalized spacial score (nSPS) is 20.6. The van der Waals surface area contributed by atoms with Gasteiger partial charge >= 0.3 is 0 Å². The van der Waals surface area contributed by atoms with Crippen LogP contribution in [0.3, 0.4) is 0 Å². The summed E-state index contributed by atoms with van der Waals surface area (Å²) in [7, 11) is 1.84. The van der Waals surface area contributed by atoms with Crippen molar-refractivity contribution in [3.63, 3.8) is 0 Å². The van der Waals surface area contributed by atoms with Crippen molar-refractivity contribution in [2.45, 2.75) is 31.8 Å². The quantitative estimate of drug-likeness (QED) is 0.837. The predicted molar refractivity (Wildman–Crippen MR) is 75.9 cm³/mol. The van der Waals surface area contributed by atoms with E-state index in [-0.39, 0.29) is 12.6 Å². The van der Waals surface area contributed by atoms with Crippen LogP contribution in [0.1, 0.15) is 25.1 Å². The Morgan fingerprint density at radius 1 is 1.40 bits per heavy atom. The van der Waals surface area contributed by atoms with E-state index in [1.54, 1.807) is 10.9 Å². The molecule has 1 saturated heterocycles. The average Bonchev–Trinajstić information content (AvgIpc) is 2.82. The van der Waals surface area contributed by atoms with Crippen molar-refractivity contribution in [1.29, 1.82) is 0 Å². The number of aryl methyl sites for hydroxylation is 1. The van der Waals surface area contributed by atoms with Gasteiger partial charge in [0.1, 0.15) is 11.6 Å². The number of likely N-dealkylation sites (tertiary alicyclic amines) is 1. The summed E-state index contributed by atoms with van der Waals surface area (Å²) >= 11 is 0. The van der Waals surface area contributed by atoms with Gasteiger partial charge in [-0.15, -0.1) is 0 Å². The van der Waals surface area contributed by atoms with Crippen LogP contribution in [0, 0.1) is 0 Å². The molecular weight excluding hydrogens is 256 g/mol. The van der Waals surface area contributed by atoms with Gasteiger partial charge in [-0.25, -0.2) is 9.97 Å². The van der Waals surface area contributed by atoms with Crippen molar-refractivity contribution in [1.82, 2.24) is 24.6 Å². The molecule has 2 aromatic heterocycles. The lowest BCUT2D eigenvalue weighted by atomic mass is 10.0. The zero-order valence-electron chi connectivity index (χ0n) is 11.7. The molecule has 3 heterocycles. The van der Waals surface area contributed by atoms with Crippen molar-refractivity contribution in [3.05, 3.63) is 12.0 Å². The first-order valence-corrected chi connectivity index (χ1v) is 6.98. The number of rotatable bonds is 3. The summed E-state index contributed by atoms with van der Waals surface area (Å²) in [5.41, 5.74) is 6.72. The summed E-state index contributed by atoms with van der Waals surface area (Å²) in [5.74, 6) is 1.16. The number of nitrogen functional groups attached to an aromatic ring is 1. The molecule has 1 fully saturated rings. The molecule has 7 heteroatoms. The lowest BCUT2D eigenvalue weighted by Gasteiger charge is -2.33. The highest BCUT2D eigenvalue weighted by Crippen LogP contribution is 2.21. The van der Waals surface area contributed by atoms with Crippen LogP contribution < -0.4 is 5.73 Å². The van der Waals surface area contributed by atoms with Gasteiger partial charge in [-0.1, -0.05) is 6.42 Å². The second kappa shape index (κ2) is 5.34. The topological polar surface area (TPSA) is 93.1 Å². The number of piperidine rings is 1. The molecule has 3 rings (SSSR count). The third-order valence-corrected chi connectivity index (χ3v) is 3.97. The number of aromatic nitrogens is 4. The summed E-state index contributed by atoms with van der Waals surface area (Å²) in [6, 6.07) is 0.204. The molecule has 0 saturated carbocycles. The lowest BCUT2D eigenvalue weighted by molar-refractivity contribution is 0.0820. The van der Waals surface area contributed by atoms with Gasteiger partial charge in [0.2, 0.25) is 0 Å². The first-order valence-electron chi connectivity index (χ1n) is 6.98. The second-order valence-corrected chi connectivity index (χ2v) is 5.33. The van der Waals surface area contributed by atoms with Crippen LogP contribution >= 0.6 is 0 Å². The molecule has 1 atom stereocenters. The molecule has 0 aromatic carbocycles. The predicted octanol–water partition coefficient (Wildman–Crippen LogP) is 0.292. The fourth-order valence-electron chi connectivity index (χ4n) is 2.82. The highest BCUT2D eigenvalue weighted by Gasteiger charge is 2.23. The van der Waals surface area contributed by atoms with Gasteiger partial charge in [0.05, 0.1) is 24.7 Å². The smallest absolute Gasteiger partial charge is 0.163 e. The summed E-state index contributed by atoms with van der Waals surface area (Å²) < 4.78 is 1.70. The van der Waals surface area contributed by atoms with Gasteiger partial charge in [-0.3, -0.25) is 9.58 Å². The molecule has 1 aliphatic rings. The number of aliphatic hydroxyl groups is 1. The van der Waals surface area contributed by atoms with E-state index in [9.17, 15) is 5.11 Å². The van der Waals surface area contributed by atoms with Gasteiger partial charge < -0.3 is 10.8 Å². The Bertz CT molecular complexity index is 610. The molecule has 20 heavy (non-hydrogen) atoms. The Hall–Kier alpha value is -1.73. The zero-order valence-corrected chi connectivity index (χ0v) is 11.7. The average molecular weight is 276 g/mol. The molecule has 1 unspecified atom stereocenters. The molecule has 3 N–H and O–H groups in total. The fourth-order valence-corrected chi connectivity index (χ4v) is 2.82. The van der Waals surface area contributed by atoms with E-state index in [0.29, 0.717) is 18.2 Å². The molecular formula is C13H20N6O. The van der Waals surface area contributed by atoms with Crippen LogP contribution in [0.25, 0.3) is 11.0 Å². The fraction of sp³-hybridized carbons (Fsp3) is 0.615. The molecule has 1 aliphatic heterocycles. The van der Waals surface area contributed by atoms with Crippen LogP contribution in [-0.4, -0.2) is 48.9 Å². The Balaban J connectivity index is 1.88. The number of nitrogens with zero attached hydrogens (tertiary/aromatic N) is 5. The number of aliphatic hydroxyl groups excluding tert-OH is 1. The molecule has 0 amide bonds. The Morgan fingerprint density at radius 3 is 3.05 bits per heavy atom. The third-order valence-electron chi connectivity index (χ3n) is 3.97. The Labute approximate surface area is 117 Å². The van der Waals surface area contributed by atoms with Crippen molar-refractivity contribution < 1.29 is 5.11 Å². The maximum absolute atomic E-state index is 9.46. The van der Waals surface area contributed by atoms with E-state index in [4.69, 9.17) is 5.73 Å². The van der Waals surface area contributed by atoms with Crippen molar-refractivity contribution in [2.24, 2.45) is 7.05 Å². The lowest BCUT2D eigenvalue weighted by Crippen LogP contribution is -2.41. The van der Waals surface area contributed by atoms with Crippen molar-refractivity contribution in [2.75, 3.05) is 18.9 Å². The van der Waals surface area contributed by atoms with Gasteiger partial charge in [0, 0.05) is 13.1 Å². The molecule has 0 bridgehead atoms. The maximum Gasteiger partial charge on any atom is 0.163 e. The largest absolute Gasteiger partial charge is 0.395 e. The molecule has 2 aromatic rings. The Kier molecular flexibility index (Phi) is 3.54. The third kappa shape index (κ3) is 2.34. The van der Waals surface area contributed by atoms with Gasteiger partial charge in [0.15, 0.2) is 5.65 Å². The van der Waals surface area contributed by atoms with Gasteiger partial charge in [-0.05, 0) is 19.4 Å². The first-order chi connectivity index (χ1) is 9.69. The minimum Gasteiger partial charge on any atom is -0.395 e. The van der Waals surface area contributed by atoms with Gasteiger partial charge in [-0.2, -0.15) is 5.10 Å². The van der Waals surface area contributed by atoms with Crippen molar-refractivity contribution in [3.8, 4) is 0 Å². The number of nitrogens with two attached hydrogens (primary N) is 1. The van der Waals surface area contributed by atoms with Crippen LogP contribution in [0.4, 0.5) is 5.82 Å². The maximum atomic E-state index is 9.46. The van der Waals surface area contributed by atoms with E-state index in [0.717, 1.165) is 30.4 Å². The first kappa shape index (κ1) is 13.3. The van der Waals surface area contributed by atoms with Gasteiger partial charge in [0.25, 0.3) is 0 Å². The standard InChI is InChI=1S/C13H20N6O/c1-18-13-10(6-15-18)12(14)16-11(17-13)7-19-5-3-2-4-9(19)8-20/h6,9,20H,2-5,7-8H2,1H3,(H2,14,16,17). The van der Waals surface area contributed by atoms with Crippen LogP contribution in [0.5, 0.6) is 0 Å². The minimum absolute atomic E-state index is 0.184. The second-order valence-electron chi connectivity index (χ2n) is 5.33. The number of hydrogen-bond donors (Lipinski definition) is 2. The summed E-state index contributed by atoms with van der Waals surface area (Å²) in [4.78, 5) is 11.1. The highest BCUT2D eigenvalue weighted by molar-refractivity contribution is 5.84. The van der Waals surface area contributed by atoms with E-state index in [1.807, 2.05) is 7.05 Å². The van der Waals surface area contributed by atoms with Crippen LogP contribution in [0.15, 0.2) is 6.20 Å². The molecule has 108 valence electrons. The van der Waals surface area contributed by atoms with E-state index in [1.165, 1.54) is 6.42 Å². The highest BCUT2D eigenvalue weighted by atomic mass is 16.3. The molecule has 0 spiro atoms. The van der Waals surface area contributed by atoms with E-state index < -0.39 is 0 Å². The minimum atomic E-state index is 0.184. The summed E-state index contributed by atoms with van der Waals surface area (Å²) in [6.45, 7) is 1.78. The molecule has 0 radical (unpaired) electrons. The molecule has 0 aliphatic carbocycles. The van der Waals surface area contributed by atoms with Crippen molar-refractivity contribution >= 4 is 16.9 Å². The number of anilines is 1. The van der Waals surface area contributed by atoms with Crippen LogP contribution in [-0.2, 0) is 13.6 Å². The summed E-state index contributed by atoms with van der Waals surface area (Å²) in [5, 5.41) is 14.4. The zero-order chi connectivity index (χ0) is 14.1. The SMILES string of the molecule is Cn1ncc2c(N)nc(CN3CCCCC3CO)nc21. The number of fused-ring (bicyclic) bond motifs is 1. The van der Waals surface area contributed by atoms with Crippen LogP contribution in [0.2, 0.25) is 0 Å². The van der Waals surface area contributed by atoms with E-state index in [2.05, 4.69) is 20.0 Å².